The van der Waals surface area contributed by atoms with Crippen molar-refractivity contribution in [3.63, 3.8) is 0 Å². The Bertz CT molecular complexity index is 322. The number of rotatable bonds is 4. The number of hydrogen-bond donors (Lipinski definition) is 3. The zero-order valence-corrected chi connectivity index (χ0v) is 8.82. The highest BCUT2D eigenvalue weighted by Gasteiger charge is 2.14. The molecule has 1 rings (SSSR count). The molecule has 4 nitrogen and oxygen atoms in total. The van der Waals surface area contributed by atoms with E-state index in [-0.39, 0.29) is 12.3 Å². The van der Waals surface area contributed by atoms with E-state index in [0.717, 1.165) is 5.56 Å². The molecule has 0 spiro atoms. The van der Waals surface area contributed by atoms with Crippen LogP contribution in [0.25, 0.3) is 0 Å². The van der Waals surface area contributed by atoms with E-state index in [0.29, 0.717) is 0 Å². The van der Waals surface area contributed by atoms with Crippen molar-refractivity contribution in [1.82, 2.24) is 5.32 Å². The van der Waals surface area contributed by atoms with E-state index < -0.39 is 7.60 Å². The van der Waals surface area contributed by atoms with E-state index in [4.69, 9.17) is 9.79 Å². The van der Waals surface area contributed by atoms with Crippen molar-refractivity contribution >= 4 is 7.60 Å². The molecule has 1 aromatic carbocycles. The molecule has 0 saturated heterocycles. The quantitative estimate of drug-likeness (QED) is 0.665. The van der Waals surface area contributed by atoms with Crippen LogP contribution in [0.15, 0.2) is 30.3 Å². The van der Waals surface area contributed by atoms with Crippen LogP contribution in [0.3, 0.4) is 0 Å². The normalized spacial score (nSPS) is 13.9. The zero-order chi connectivity index (χ0) is 10.6. The van der Waals surface area contributed by atoms with E-state index in [9.17, 15) is 4.57 Å². The van der Waals surface area contributed by atoms with E-state index in [1.165, 1.54) is 0 Å². The first-order chi connectivity index (χ1) is 6.49. The average Bonchev–Trinajstić information content (AvgIpc) is 2.14. The zero-order valence-electron chi connectivity index (χ0n) is 7.92. The van der Waals surface area contributed by atoms with Crippen LogP contribution in [0.1, 0.15) is 18.5 Å². The summed E-state index contributed by atoms with van der Waals surface area (Å²) in [7, 11) is -3.95. The largest absolute Gasteiger partial charge is 0.339 e. The molecule has 0 saturated carbocycles. The highest BCUT2D eigenvalue weighted by atomic mass is 31.2. The molecule has 0 aliphatic heterocycles. The summed E-state index contributed by atoms with van der Waals surface area (Å²) < 4.78 is 10.6. The van der Waals surface area contributed by atoms with Gasteiger partial charge >= 0.3 is 7.60 Å². The first-order valence-electron chi connectivity index (χ1n) is 4.32. The first-order valence-corrected chi connectivity index (χ1v) is 6.12. The molecule has 5 heteroatoms. The average molecular weight is 215 g/mol. The number of nitrogens with one attached hydrogen (secondary N) is 1. The van der Waals surface area contributed by atoms with Gasteiger partial charge in [-0.2, -0.15) is 0 Å². The van der Waals surface area contributed by atoms with Crippen molar-refractivity contribution in [1.29, 1.82) is 0 Å². The van der Waals surface area contributed by atoms with Crippen LogP contribution in [0.5, 0.6) is 0 Å². The Kier molecular flexibility index (Phi) is 3.84. The SMILES string of the molecule is C[C@H](NCP(=O)(O)O)c1ccccc1. The van der Waals surface area contributed by atoms with Crippen molar-refractivity contribution < 1.29 is 14.4 Å². The van der Waals surface area contributed by atoms with Crippen molar-refractivity contribution in [3.8, 4) is 0 Å². The van der Waals surface area contributed by atoms with Gasteiger partial charge in [0.25, 0.3) is 0 Å². The summed E-state index contributed by atoms with van der Waals surface area (Å²) in [5, 5.41) is 2.78. The number of benzene rings is 1. The lowest BCUT2D eigenvalue weighted by Gasteiger charge is -2.14. The fourth-order valence-corrected chi connectivity index (χ4v) is 1.63. The van der Waals surface area contributed by atoms with Crippen LogP contribution in [0.2, 0.25) is 0 Å². The highest BCUT2D eigenvalue weighted by molar-refractivity contribution is 7.51. The second-order valence-electron chi connectivity index (χ2n) is 3.16. The first kappa shape index (κ1) is 11.4. The molecular weight excluding hydrogens is 201 g/mol. The van der Waals surface area contributed by atoms with E-state index in [1.54, 1.807) is 0 Å². The summed E-state index contributed by atoms with van der Waals surface area (Å²) in [6, 6.07) is 9.47. The van der Waals surface area contributed by atoms with E-state index in [1.807, 2.05) is 37.3 Å². The van der Waals surface area contributed by atoms with E-state index in [2.05, 4.69) is 5.32 Å². The lowest BCUT2D eigenvalue weighted by molar-refractivity contribution is 0.364. The Morgan fingerprint density at radius 3 is 2.43 bits per heavy atom. The lowest BCUT2D eigenvalue weighted by Crippen LogP contribution is -2.19. The van der Waals surface area contributed by atoms with Crippen LogP contribution < -0.4 is 5.32 Å². The Morgan fingerprint density at radius 2 is 1.93 bits per heavy atom. The molecule has 0 fully saturated rings. The van der Waals surface area contributed by atoms with Crippen LogP contribution >= 0.6 is 7.60 Å². The Hall–Kier alpha value is -0.670. The Labute approximate surface area is 83.1 Å². The maximum Gasteiger partial charge on any atom is 0.339 e. The molecule has 78 valence electrons. The maximum absolute atomic E-state index is 10.6. The molecule has 0 aliphatic carbocycles. The third kappa shape index (κ3) is 4.03. The van der Waals surface area contributed by atoms with Crippen LogP contribution in [0.4, 0.5) is 0 Å². The van der Waals surface area contributed by atoms with E-state index >= 15 is 0 Å². The van der Waals surface area contributed by atoms with Gasteiger partial charge in [0, 0.05) is 6.04 Å². The molecule has 3 N–H and O–H groups in total. The molecule has 0 bridgehead atoms. The van der Waals surface area contributed by atoms with Gasteiger partial charge in [0.15, 0.2) is 0 Å². The minimum Gasteiger partial charge on any atom is -0.324 e. The molecule has 0 unspecified atom stereocenters. The minimum absolute atomic E-state index is 0.0520. The molecule has 1 atom stereocenters. The molecule has 0 aromatic heterocycles. The van der Waals surface area contributed by atoms with Crippen LogP contribution in [-0.4, -0.2) is 16.1 Å². The monoisotopic (exact) mass is 215 g/mol. The third-order valence-electron chi connectivity index (χ3n) is 1.90. The molecule has 0 aliphatic rings. The fraction of sp³-hybridized carbons (Fsp3) is 0.333. The van der Waals surface area contributed by atoms with Crippen LogP contribution in [0, 0.1) is 0 Å². The maximum atomic E-state index is 10.6. The summed E-state index contributed by atoms with van der Waals surface area (Å²) in [5.41, 5.74) is 1.01. The topological polar surface area (TPSA) is 69.6 Å². The molecular formula is C9H14NO3P. The number of hydrogen-bond acceptors (Lipinski definition) is 2. The molecule has 0 heterocycles. The van der Waals surface area contributed by atoms with Gasteiger partial charge in [-0.3, -0.25) is 9.88 Å². The highest BCUT2D eigenvalue weighted by Crippen LogP contribution is 2.33. The van der Waals surface area contributed by atoms with Gasteiger partial charge in [-0.05, 0) is 12.5 Å². The van der Waals surface area contributed by atoms with Gasteiger partial charge in [-0.15, -0.1) is 0 Å². The Balaban J connectivity index is 2.52. The minimum atomic E-state index is -3.95. The standard InChI is InChI=1S/C9H14NO3P/c1-8(10-7-14(11,12)13)9-5-3-2-4-6-9/h2-6,8,10H,7H2,1H3,(H2,11,12,13)/t8-/m0/s1. The molecule has 14 heavy (non-hydrogen) atoms. The van der Waals surface area contributed by atoms with Gasteiger partial charge in [0.2, 0.25) is 0 Å². The summed E-state index contributed by atoms with van der Waals surface area (Å²) in [5.74, 6) is 0. The molecule has 1 aromatic rings. The summed E-state index contributed by atoms with van der Waals surface area (Å²) >= 11 is 0. The van der Waals surface area contributed by atoms with Crippen LogP contribution in [-0.2, 0) is 4.57 Å². The van der Waals surface area contributed by atoms with Crippen molar-refractivity contribution in [3.05, 3.63) is 35.9 Å². The van der Waals surface area contributed by atoms with Crippen molar-refractivity contribution in [2.45, 2.75) is 13.0 Å². The van der Waals surface area contributed by atoms with Gasteiger partial charge in [0.05, 0.1) is 6.29 Å². The summed E-state index contributed by atoms with van der Waals surface area (Å²) in [4.78, 5) is 17.3. The summed E-state index contributed by atoms with van der Waals surface area (Å²) in [6.45, 7) is 1.87. The Morgan fingerprint density at radius 1 is 1.36 bits per heavy atom. The van der Waals surface area contributed by atoms with Gasteiger partial charge in [0.1, 0.15) is 0 Å². The van der Waals surface area contributed by atoms with Gasteiger partial charge < -0.3 is 9.79 Å². The second kappa shape index (κ2) is 4.71. The van der Waals surface area contributed by atoms with Gasteiger partial charge in [-0.25, -0.2) is 0 Å². The molecule has 0 amide bonds. The fourth-order valence-electron chi connectivity index (χ4n) is 1.12. The lowest BCUT2D eigenvalue weighted by atomic mass is 10.1. The van der Waals surface area contributed by atoms with Crippen molar-refractivity contribution in [2.75, 3.05) is 6.29 Å². The third-order valence-corrected chi connectivity index (χ3v) is 2.50. The van der Waals surface area contributed by atoms with Gasteiger partial charge in [-0.1, -0.05) is 30.3 Å². The molecule has 0 radical (unpaired) electrons. The predicted octanol–water partition coefficient (Wildman–Crippen LogP) is 1.47. The second-order valence-corrected chi connectivity index (χ2v) is 4.80. The van der Waals surface area contributed by atoms with Crippen molar-refractivity contribution in [2.24, 2.45) is 0 Å². The summed E-state index contributed by atoms with van der Waals surface area (Å²) in [6.07, 6.45) is -0.289. The smallest absolute Gasteiger partial charge is 0.324 e. The predicted molar refractivity (Wildman–Crippen MR) is 54.9 cm³/mol.